The van der Waals surface area contributed by atoms with Crippen molar-refractivity contribution in [2.24, 2.45) is 11.8 Å². The first kappa shape index (κ1) is 13.3. The minimum atomic E-state index is -0.127. The Hall–Kier alpha value is 0.270. The lowest BCUT2D eigenvalue weighted by Crippen LogP contribution is -2.26. The van der Waals surface area contributed by atoms with Crippen LogP contribution in [0.15, 0.2) is 0 Å². The molecule has 2 atom stereocenters. The molecule has 1 saturated heterocycles. The minimum Gasteiger partial charge on any atom is -0.393 e. The second-order valence-electron chi connectivity index (χ2n) is 5.06. The SMILES string of the molecule is CC(C)CSCCN1CCC(C(C)O)C1. The van der Waals surface area contributed by atoms with Gasteiger partial charge in [-0.2, -0.15) is 11.8 Å². The first-order valence-electron chi connectivity index (χ1n) is 6.07. The Morgan fingerprint density at radius 2 is 2.13 bits per heavy atom. The summed E-state index contributed by atoms with van der Waals surface area (Å²) in [7, 11) is 0. The van der Waals surface area contributed by atoms with Crippen LogP contribution in [0.2, 0.25) is 0 Å². The number of aliphatic hydroxyl groups is 1. The average Bonchev–Trinajstić information content (AvgIpc) is 2.60. The summed E-state index contributed by atoms with van der Waals surface area (Å²) in [6.07, 6.45) is 1.05. The minimum absolute atomic E-state index is 0.127. The van der Waals surface area contributed by atoms with Gasteiger partial charge in [-0.3, -0.25) is 0 Å². The van der Waals surface area contributed by atoms with Crippen molar-refractivity contribution in [3.8, 4) is 0 Å². The van der Waals surface area contributed by atoms with Crippen LogP contribution in [0, 0.1) is 11.8 Å². The third-order valence-electron chi connectivity index (χ3n) is 2.99. The second-order valence-corrected chi connectivity index (χ2v) is 6.21. The van der Waals surface area contributed by atoms with E-state index in [0.29, 0.717) is 5.92 Å². The second kappa shape index (κ2) is 6.77. The van der Waals surface area contributed by atoms with Crippen LogP contribution in [0.1, 0.15) is 27.2 Å². The third-order valence-corrected chi connectivity index (χ3v) is 4.37. The summed E-state index contributed by atoms with van der Waals surface area (Å²) in [5, 5.41) is 9.48. The van der Waals surface area contributed by atoms with Crippen LogP contribution >= 0.6 is 11.8 Å². The van der Waals surface area contributed by atoms with E-state index in [1.165, 1.54) is 31.0 Å². The molecule has 1 rings (SSSR count). The number of hydrogen-bond donors (Lipinski definition) is 1. The molecule has 0 aromatic rings. The molecule has 1 heterocycles. The largest absolute Gasteiger partial charge is 0.393 e. The van der Waals surface area contributed by atoms with Crippen LogP contribution in [0.5, 0.6) is 0 Å². The number of rotatable bonds is 6. The molecular formula is C12H25NOS. The van der Waals surface area contributed by atoms with Crippen molar-refractivity contribution < 1.29 is 5.11 Å². The van der Waals surface area contributed by atoms with Crippen molar-refractivity contribution in [1.82, 2.24) is 4.90 Å². The van der Waals surface area contributed by atoms with Gasteiger partial charge >= 0.3 is 0 Å². The van der Waals surface area contributed by atoms with Gasteiger partial charge in [0.15, 0.2) is 0 Å². The average molecular weight is 231 g/mol. The Morgan fingerprint density at radius 1 is 1.40 bits per heavy atom. The van der Waals surface area contributed by atoms with Crippen LogP contribution in [0.3, 0.4) is 0 Å². The van der Waals surface area contributed by atoms with Crippen molar-refractivity contribution in [3.05, 3.63) is 0 Å². The number of hydrogen-bond acceptors (Lipinski definition) is 3. The molecule has 3 heteroatoms. The van der Waals surface area contributed by atoms with Gasteiger partial charge in [-0.15, -0.1) is 0 Å². The molecule has 0 spiro atoms. The van der Waals surface area contributed by atoms with Crippen molar-refractivity contribution in [3.63, 3.8) is 0 Å². The number of aliphatic hydroxyl groups excluding tert-OH is 1. The molecule has 0 aromatic heterocycles. The summed E-state index contributed by atoms with van der Waals surface area (Å²) in [5.41, 5.74) is 0. The lowest BCUT2D eigenvalue weighted by molar-refractivity contribution is 0.128. The van der Waals surface area contributed by atoms with E-state index in [2.05, 4.69) is 30.5 Å². The topological polar surface area (TPSA) is 23.5 Å². The van der Waals surface area contributed by atoms with E-state index in [-0.39, 0.29) is 6.10 Å². The summed E-state index contributed by atoms with van der Waals surface area (Å²) in [6, 6.07) is 0. The monoisotopic (exact) mass is 231 g/mol. The molecule has 1 N–H and O–H groups in total. The van der Waals surface area contributed by atoms with E-state index in [4.69, 9.17) is 0 Å². The highest BCUT2D eigenvalue weighted by atomic mass is 32.2. The fourth-order valence-electron chi connectivity index (χ4n) is 1.97. The predicted octanol–water partition coefficient (Wildman–Crippen LogP) is 2.08. The molecule has 1 fully saturated rings. The summed E-state index contributed by atoms with van der Waals surface area (Å²) in [4.78, 5) is 2.49. The summed E-state index contributed by atoms with van der Waals surface area (Å²) in [6.45, 7) is 9.93. The summed E-state index contributed by atoms with van der Waals surface area (Å²) < 4.78 is 0. The molecule has 0 aromatic carbocycles. The molecule has 0 bridgehead atoms. The molecule has 2 nitrogen and oxygen atoms in total. The van der Waals surface area contributed by atoms with E-state index in [0.717, 1.165) is 12.5 Å². The molecule has 1 aliphatic rings. The van der Waals surface area contributed by atoms with Crippen LogP contribution in [0.4, 0.5) is 0 Å². The van der Waals surface area contributed by atoms with Gasteiger partial charge in [-0.05, 0) is 37.5 Å². The van der Waals surface area contributed by atoms with Crippen molar-refractivity contribution >= 4 is 11.8 Å². The fraction of sp³-hybridized carbons (Fsp3) is 1.00. The Kier molecular flexibility index (Phi) is 6.02. The van der Waals surface area contributed by atoms with Gasteiger partial charge in [-0.25, -0.2) is 0 Å². The van der Waals surface area contributed by atoms with Gasteiger partial charge < -0.3 is 10.0 Å². The molecule has 90 valence electrons. The van der Waals surface area contributed by atoms with Crippen LogP contribution in [-0.2, 0) is 0 Å². The number of likely N-dealkylation sites (tertiary alicyclic amines) is 1. The van der Waals surface area contributed by atoms with Gasteiger partial charge in [-0.1, -0.05) is 13.8 Å². The van der Waals surface area contributed by atoms with Gasteiger partial charge in [0, 0.05) is 18.8 Å². The normalized spacial score (nSPS) is 25.0. The first-order chi connectivity index (χ1) is 7.09. The van der Waals surface area contributed by atoms with E-state index >= 15 is 0 Å². The molecule has 0 saturated carbocycles. The predicted molar refractivity (Wildman–Crippen MR) is 68.4 cm³/mol. The molecule has 1 aliphatic heterocycles. The van der Waals surface area contributed by atoms with E-state index in [1.54, 1.807) is 0 Å². The Balaban J connectivity index is 2.04. The van der Waals surface area contributed by atoms with Gasteiger partial charge in [0.2, 0.25) is 0 Å². The van der Waals surface area contributed by atoms with Gasteiger partial charge in [0.05, 0.1) is 6.10 Å². The number of thioether (sulfide) groups is 1. The highest BCUT2D eigenvalue weighted by Gasteiger charge is 2.25. The zero-order chi connectivity index (χ0) is 11.3. The molecule has 0 amide bonds. The van der Waals surface area contributed by atoms with E-state index < -0.39 is 0 Å². The zero-order valence-corrected chi connectivity index (χ0v) is 11.1. The highest BCUT2D eigenvalue weighted by Crippen LogP contribution is 2.20. The molecule has 15 heavy (non-hydrogen) atoms. The Bertz CT molecular complexity index is 173. The van der Waals surface area contributed by atoms with Crippen LogP contribution in [-0.4, -0.2) is 47.3 Å². The maximum atomic E-state index is 9.48. The first-order valence-corrected chi connectivity index (χ1v) is 7.23. The summed E-state index contributed by atoms with van der Waals surface area (Å²) in [5.74, 6) is 3.83. The Morgan fingerprint density at radius 3 is 2.67 bits per heavy atom. The maximum Gasteiger partial charge on any atom is 0.0552 e. The van der Waals surface area contributed by atoms with Gasteiger partial charge in [0.1, 0.15) is 0 Å². The number of nitrogens with zero attached hydrogens (tertiary/aromatic N) is 1. The Labute approximate surface area is 98.4 Å². The fourth-order valence-corrected chi connectivity index (χ4v) is 3.00. The maximum absolute atomic E-state index is 9.48. The van der Waals surface area contributed by atoms with Crippen molar-refractivity contribution in [2.75, 3.05) is 31.1 Å². The third kappa shape index (κ3) is 5.23. The highest BCUT2D eigenvalue weighted by molar-refractivity contribution is 7.99. The van der Waals surface area contributed by atoms with Crippen LogP contribution in [0.25, 0.3) is 0 Å². The summed E-state index contributed by atoms with van der Waals surface area (Å²) >= 11 is 2.05. The molecule has 2 unspecified atom stereocenters. The van der Waals surface area contributed by atoms with Crippen LogP contribution < -0.4 is 0 Å². The van der Waals surface area contributed by atoms with Crippen molar-refractivity contribution in [1.29, 1.82) is 0 Å². The van der Waals surface area contributed by atoms with Crippen molar-refractivity contribution in [2.45, 2.75) is 33.3 Å². The molecule has 0 aliphatic carbocycles. The standard InChI is InChI=1S/C12H25NOS/c1-10(2)9-15-7-6-13-5-4-12(8-13)11(3)14/h10-12,14H,4-9H2,1-3H3. The molecule has 0 radical (unpaired) electrons. The van der Waals surface area contributed by atoms with Gasteiger partial charge in [0.25, 0.3) is 0 Å². The quantitative estimate of drug-likeness (QED) is 0.708. The lowest BCUT2D eigenvalue weighted by atomic mass is 10.0. The zero-order valence-electron chi connectivity index (χ0n) is 10.3. The molecular weight excluding hydrogens is 206 g/mol. The van der Waals surface area contributed by atoms with E-state index in [9.17, 15) is 5.11 Å². The smallest absolute Gasteiger partial charge is 0.0552 e. The lowest BCUT2D eigenvalue weighted by Gasteiger charge is -2.17. The van der Waals surface area contributed by atoms with E-state index in [1.807, 2.05) is 6.92 Å².